The molecule has 1 aliphatic rings. The summed E-state index contributed by atoms with van der Waals surface area (Å²) in [7, 11) is 0. The van der Waals surface area contributed by atoms with Crippen molar-refractivity contribution in [3.63, 3.8) is 0 Å². The first kappa shape index (κ1) is 10.2. The summed E-state index contributed by atoms with van der Waals surface area (Å²) in [5, 5.41) is 0. The maximum Gasteiger partial charge on any atom is 0.228 e. The highest BCUT2D eigenvalue weighted by molar-refractivity contribution is 5.94. The smallest absolute Gasteiger partial charge is 0.228 e. The Labute approximate surface area is 89.9 Å². The van der Waals surface area contributed by atoms with Crippen molar-refractivity contribution >= 4 is 11.6 Å². The van der Waals surface area contributed by atoms with Crippen LogP contribution in [0.5, 0.6) is 0 Å². The van der Waals surface area contributed by atoms with Crippen LogP contribution in [0.2, 0.25) is 0 Å². The molecular formula is C12H16N2O. The van der Waals surface area contributed by atoms with Crippen LogP contribution in [-0.4, -0.2) is 19.0 Å². The second kappa shape index (κ2) is 4.45. The quantitative estimate of drug-likeness (QED) is 0.789. The van der Waals surface area contributed by atoms with Crippen molar-refractivity contribution in [2.45, 2.75) is 19.3 Å². The van der Waals surface area contributed by atoms with Crippen molar-refractivity contribution in [1.29, 1.82) is 0 Å². The zero-order valence-electron chi connectivity index (χ0n) is 8.78. The van der Waals surface area contributed by atoms with Crippen LogP contribution in [-0.2, 0) is 11.2 Å². The fraction of sp³-hybridized carbons (Fsp3) is 0.417. The lowest BCUT2D eigenvalue weighted by Gasteiger charge is -2.29. The number of hydrogen-bond donors (Lipinski definition) is 1. The summed E-state index contributed by atoms with van der Waals surface area (Å²) in [6.07, 6.45) is 2.56. The van der Waals surface area contributed by atoms with E-state index in [1.807, 2.05) is 23.1 Å². The Morgan fingerprint density at radius 3 is 3.00 bits per heavy atom. The van der Waals surface area contributed by atoms with Gasteiger partial charge in [-0.1, -0.05) is 18.2 Å². The van der Waals surface area contributed by atoms with E-state index >= 15 is 0 Å². The number of anilines is 1. The Balaban J connectivity index is 2.25. The monoisotopic (exact) mass is 204 g/mol. The number of amides is 1. The molecular weight excluding hydrogens is 188 g/mol. The number of rotatable bonds is 2. The minimum absolute atomic E-state index is 0.143. The number of benzene rings is 1. The van der Waals surface area contributed by atoms with Gasteiger partial charge in [0.25, 0.3) is 0 Å². The second-order valence-corrected chi connectivity index (χ2v) is 3.82. The number of aryl methyl sites for hydroxylation is 1. The molecule has 80 valence electrons. The Hall–Kier alpha value is -1.35. The maximum absolute atomic E-state index is 11.8. The van der Waals surface area contributed by atoms with Gasteiger partial charge in [0.2, 0.25) is 5.91 Å². The predicted octanol–water partition coefficient (Wildman–Crippen LogP) is 1.31. The third-order valence-electron chi connectivity index (χ3n) is 2.77. The summed E-state index contributed by atoms with van der Waals surface area (Å²) in [5.41, 5.74) is 7.75. The van der Waals surface area contributed by atoms with Gasteiger partial charge in [-0.3, -0.25) is 4.79 Å². The minimum Gasteiger partial charge on any atom is -0.330 e. The molecule has 1 heterocycles. The van der Waals surface area contributed by atoms with E-state index in [0.717, 1.165) is 25.1 Å². The summed E-state index contributed by atoms with van der Waals surface area (Å²) in [4.78, 5) is 13.7. The highest BCUT2D eigenvalue weighted by Crippen LogP contribution is 2.26. The molecule has 0 saturated carbocycles. The average Bonchev–Trinajstić information content (AvgIpc) is 2.28. The van der Waals surface area contributed by atoms with Crippen LogP contribution < -0.4 is 10.6 Å². The number of carbonyl (C=O) groups is 1. The fourth-order valence-corrected chi connectivity index (χ4v) is 2.05. The van der Waals surface area contributed by atoms with E-state index in [0.29, 0.717) is 13.0 Å². The molecule has 15 heavy (non-hydrogen) atoms. The van der Waals surface area contributed by atoms with Crippen molar-refractivity contribution in [2.24, 2.45) is 5.73 Å². The van der Waals surface area contributed by atoms with E-state index in [4.69, 9.17) is 5.73 Å². The predicted molar refractivity (Wildman–Crippen MR) is 60.8 cm³/mol. The van der Waals surface area contributed by atoms with Crippen LogP contribution in [0.25, 0.3) is 0 Å². The molecule has 0 spiro atoms. The Bertz CT molecular complexity index is 362. The molecule has 0 fully saturated rings. The number of hydrogen-bond acceptors (Lipinski definition) is 2. The number of para-hydroxylation sites is 1. The van der Waals surface area contributed by atoms with Gasteiger partial charge >= 0.3 is 0 Å². The lowest BCUT2D eigenvalue weighted by Crippen LogP contribution is -2.36. The van der Waals surface area contributed by atoms with E-state index < -0.39 is 0 Å². The zero-order valence-corrected chi connectivity index (χ0v) is 8.78. The largest absolute Gasteiger partial charge is 0.330 e. The third kappa shape index (κ3) is 2.02. The molecule has 2 rings (SSSR count). The standard InChI is InChI=1S/C12H16N2O/c13-8-7-12(15)14-9-3-5-10-4-1-2-6-11(10)14/h1-2,4,6H,3,5,7-9,13H2. The van der Waals surface area contributed by atoms with Crippen LogP contribution >= 0.6 is 0 Å². The van der Waals surface area contributed by atoms with Crippen molar-refractivity contribution in [1.82, 2.24) is 0 Å². The average molecular weight is 204 g/mol. The molecule has 0 aliphatic carbocycles. The van der Waals surface area contributed by atoms with Gasteiger partial charge < -0.3 is 10.6 Å². The Kier molecular flexibility index (Phi) is 3.02. The van der Waals surface area contributed by atoms with E-state index in [9.17, 15) is 4.79 Å². The fourth-order valence-electron chi connectivity index (χ4n) is 2.05. The van der Waals surface area contributed by atoms with Crippen LogP contribution in [0.4, 0.5) is 5.69 Å². The number of fused-ring (bicyclic) bond motifs is 1. The summed E-state index contributed by atoms with van der Waals surface area (Å²) in [6.45, 7) is 1.26. The molecule has 0 radical (unpaired) electrons. The molecule has 1 aromatic rings. The lowest BCUT2D eigenvalue weighted by molar-refractivity contribution is -0.118. The van der Waals surface area contributed by atoms with E-state index in [1.54, 1.807) is 0 Å². The highest BCUT2D eigenvalue weighted by Gasteiger charge is 2.20. The molecule has 2 N–H and O–H groups in total. The first-order chi connectivity index (χ1) is 7.33. The van der Waals surface area contributed by atoms with Crippen LogP contribution in [0, 0.1) is 0 Å². The minimum atomic E-state index is 0.143. The zero-order chi connectivity index (χ0) is 10.7. The van der Waals surface area contributed by atoms with Gasteiger partial charge in [0.1, 0.15) is 0 Å². The summed E-state index contributed by atoms with van der Waals surface area (Å²) in [6, 6.07) is 8.11. The normalized spacial score (nSPS) is 14.9. The van der Waals surface area contributed by atoms with Gasteiger partial charge in [0.05, 0.1) is 0 Å². The molecule has 3 heteroatoms. The first-order valence-electron chi connectivity index (χ1n) is 5.41. The van der Waals surface area contributed by atoms with Crippen LogP contribution in [0.1, 0.15) is 18.4 Å². The van der Waals surface area contributed by atoms with Crippen molar-refractivity contribution < 1.29 is 4.79 Å². The van der Waals surface area contributed by atoms with Gasteiger partial charge in [0, 0.05) is 25.2 Å². The molecule has 0 unspecified atom stereocenters. The molecule has 1 aliphatic heterocycles. The summed E-state index contributed by atoms with van der Waals surface area (Å²) in [5.74, 6) is 0.143. The van der Waals surface area contributed by atoms with E-state index in [1.165, 1.54) is 5.56 Å². The highest BCUT2D eigenvalue weighted by atomic mass is 16.2. The lowest BCUT2D eigenvalue weighted by atomic mass is 10.0. The van der Waals surface area contributed by atoms with Gasteiger partial charge in [-0.05, 0) is 24.5 Å². The van der Waals surface area contributed by atoms with Gasteiger partial charge in [0.15, 0.2) is 0 Å². The van der Waals surface area contributed by atoms with Gasteiger partial charge in [-0.2, -0.15) is 0 Å². The SMILES string of the molecule is NCCC(=O)N1CCCc2ccccc21. The van der Waals surface area contributed by atoms with Crippen molar-refractivity contribution in [3.8, 4) is 0 Å². The number of nitrogens with zero attached hydrogens (tertiary/aromatic N) is 1. The van der Waals surface area contributed by atoms with Gasteiger partial charge in [-0.25, -0.2) is 0 Å². The molecule has 1 amide bonds. The summed E-state index contributed by atoms with van der Waals surface area (Å²) >= 11 is 0. The molecule has 0 aromatic heterocycles. The number of carbonyl (C=O) groups excluding carboxylic acids is 1. The first-order valence-corrected chi connectivity index (χ1v) is 5.41. The molecule has 0 bridgehead atoms. The number of nitrogens with two attached hydrogens (primary N) is 1. The third-order valence-corrected chi connectivity index (χ3v) is 2.77. The molecule has 0 atom stereocenters. The van der Waals surface area contributed by atoms with E-state index in [2.05, 4.69) is 6.07 Å². The molecule has 1 aromatic carbocycles. The van der Waals surface area contributed by atoms with Gasteiger partial charge in [-0.15, -0.1) is 0 Å². The Morgan fingerprint density at radius 2 is 2.20 bits per heavy atom. The van der Waals surface area contributed by atoms with E-state index in [-0.39, 0.29) is 5.91 Å². The summed E-state index contributed by atoms with van der Waals surface area (Å²) < 4.78 is 0. The topological polar surface area (TPSA) is 46.3 Å². The molecule has 0 saturated heterocycles. The van der Waals surface area contributed by atoms with Crippen molar-refractivity contribution in [2.75, 3.05) is 18.0 Å². The molecule has 3 nitrogen and oxygen atoms in total. The van der Waals surface area contributed by atoms with Crippen molar-refractivity contribution in [3.05, 3.63) is 29.8 Å². The Morgan fingerprint density at radius 1 is 1.40 bits per heavy atom. The van der Waals surface area contributed by atoms with Crippen LogP contribution in [0.15, 0.2) is 24.3 Å². The maximum atomic E-state index is 11.8. The van der Waals surface area contributed by atoms with Crippen LogP contribution in [0.3, 0.4) is 0 Å². The second-order valence-electron chi connectivity index (χ2n) is 3.82.